The van der Waals surface area contributed by atoms with Crippen LogP contribution >= 0.6 is 0 Å². The van der Waals surface area contributed by atoms with E-state index >= 15 is 0 Å². The average Bonchev–Trinajstić information content (AvgIpc) is 2.49. The summed E-state index contributed by atoms with van der Waals surface area (Å²) in [7, 11) is 0. The predicted molar refractivity (Wildman–Crippen MR) is 78.3 cm³/mol. The summed E-state index contributed by atoms with van der Waals surface area (Å²) < 4.78 is 14.7. The molecule has 0 spiro atoms. The number of carbonyl (C=O) groups is 4. The third-order valence-electron chi connectivity index (χ3n) is 2.45. The molecule has 23 heavy (non-hydrogen) atoms. The molecule has 0 aliphatic heterocycles. The number of aliphatic carboxylic acids is 1. The van der Waals surface area contributed by atoms with Gasteiger partial charge in [0.05, 0.1) is 19.4 Å². The van der Waals surface area contributed by atoms with Crippen LogP contribution in [0, 0.1) is 0 Å². The van der Waals surface area contributed by atoms with E-state index in [1.807, 2.05) is 0 Å². The van der Waals surface area contributed by atoms with E-state index in [9.17, 15) is 19.2 Å². The van der Waals surface area contributed by atoms with Gasteiger partial charge in [0.25, 0.3) is 0 Å². The van der Waals surface area contributed by atoms with Crippen LogP contribution in [0.4, 0.5) is 0 Å². The topological polar surface area (TPSA) is 116 Å². The zero-order valence-corrected chi connectivity index (χ0v) is 12.9. The first kappa shape index (κ1) is 20.4. The summed E-state index contributed by atoms with van der Waals surface area (Å²) in [5.41, 5.74) is 0.162. The van der Waals surface area contributed by atoms with Crippen LogP contribution in [0.3, 0.4) is 0 Å². The Morgan fingerprint density at radius 1 is 1.17 bits per heavy atom. The van der Waals surface area contributed by atoms with Crippen LogP contribution in [0.1, 0.15) is 26.2 Å². The second kappa shape index (κ2) is 11.0. The molecule has 0 saturated heterocycles. The number of esters is 3. The number of carboxylic acids is 1. The maximum atomic E-state index is 11.5. The van der Waals surface area contributed by atoms with E-state index in [0.717, 1.165) is 6.08 Å². The molecule has 0 heterocycles. The molecule has 0 aliphatic rings. The van der Waals surface area contributed by atoms with E-state index in [1.54, 1.807) is 0 Å². The quantitative estimate of drug-likeness (QED) is 0.339. The minimum absolute atomic E-state index is 0.0638. The van der Waals surface area contributed by atoms with Crippen molar-refractivity contribution in [2.24, 2.45) is 0 Å². The molecule has 1 N–H and O–H groups in total. The molecule has 0 aromatic carbocycles. The lowest BCUT2D eigenvalue weighted by Gasteiger charge is -2.17. The summed E-state index contributed by atoms with van der Waals surface area (Å²) in [6.07, 6.45) is -0.398. The van der Waals surface area contributed by atoms with E-state index in [0.29, 0.717) is 0 Å². The van der Waals surface area contributed by atoms with Gasteiger partial charge in [-0.05, 0) is 6.92 Å². The summed E-state index contributed by atoms with van der Waals surface area (Å²) in [5, 5.41) is 8.47. The summed E-state index contributed by atoms with van der Waals surface area (Å²) in [4.78, 5) is 44.1. The van der Waals surface area contributed by atoms with E-state index in [1.165, 1.54) is 6.92 Å². The molecule has 8 nitrogen and oxygen atoms in total. The number of carbonyl (C=O) groups excluding carboxylic acids is 3. The first-order valence-corrected chi connectivity index (χ1v) is 6.79. The van der Waals surface area contributed by atoms with Gasteiger partial charge >= 0.3 is 23.9 Å². The Bertz CT molecular complexity index is 480. The van der Waals surface area contributed by atoms with E-state index in [-0.39, 0.29) is 38.0 Å². The number of rotatable bonds is 11. The number of ether oxygens (including phenoxy) is 3. The molecule has 1 atom stereocenters. The van der Waals surface area contributed by atoms with Crippen LogP contribution in [0.2, 0.25) is 0 Å². The molecule has 0 rings (SSSR count). The molecule has 8 heteroatoms. The Kier molecular flexibility index (Phi) is 9.74. The normalized spacial score (nSPS) is 11.0. The Morgan fingerprint density at radius 2 is 1.83 bits per heavy atom. The molecule has 0 aromatic heterocycles. The van der Waals surface area contributed by atoms with Crippen molar-refractivity contribution < 1.29 is 38.5 Å². The van der Waals surface area contributed by atoms with Crippen molar-refractivity contribution in [3.8, 4) is 0 Å². The van der Waals surface area contributed by atoms with Crippen molar-refractivity contribution in [2.75, 3.05) is 13.2 Å². The van der Waals surface area contributed by atoms with Crippen LogP contribution in [0.15, 0.2) is 24.8 Å². The lowest BCUT2D eigenvalue weighted by molar-refractivity contribution is -0.158. The number of hydrogen-bond acceptors (Lipinski definition) is 7. The molecular formula is C15H20O8. The molecule has 128 valence electrons. The van der Waals surface area contributed by atoms with Gasteiger partial charge in [-0.2, -0.15) is 0 Å². The van der Waals surface area contributed by atoms with Crippen LogP contribution in [0.5, 0.6) is 0 Å². The second-order valence-electron chi connectivity index (χ2n) is 4.54. The maximum Gasteiger partial charge on any atom is 0.333 e. The first-order valence-electron chi connectivity index (χ1n) is 6.79. The Morgan fingerprint density at radius 3 is 2.35 bits per heavy atom. The fourth-order valence-corrected chi connectivity index (χ4v) is 1.25. The molecule has 0 aromatic rings. The average molecular weight is 328 g/mol. The van der Waals surface area contributed by atoms with Crippen molar-refractivity contribution in [2.45, 2.75) is 32.3 Å². The van der Waals surface area contributed by atoms with E-state index in [2.05, 4.69) is 13.2 Å². The van der Waals surface area contributed by atoms with Gasteiger partial charge in [0, 0.05) is 18.1 Å². The van der Waals surface area contributed by atoms with Gasteiger partial charge in [-0.15, -0.1) is 0 Å². The van der Waals surface area contributed by atoms with Crippen LogP contribution in [-0.4, -0.2) is 48.3 Å². The molecule has 0 saturated carbocycles. The van der Waals surface area contributed by atoms with Gasteiger partial charge in [0.2, 0.25) is 0 Å². The Labute approximate surface area is 133 Å². The van der Waals surface area contributed by atoms with Crippen LogP contribution < -0.4 is 0 Å². The summed E-state index contributed by atoms with van der Waals surface area (Å²) in [5.74, 6) is -3.16. The van der Waals surface area contributed by atoms with Gasteiger partial charge in [0.15, 0.2) is 0 Å². The zero-order valence-electron chi connectivity index (χ0n) is 12.9. The van der Waals surface area contributed by atoms with Crippen molar-refractivity contribution in [1.29, 1.82) is 0 Å². The number of hydrogen-bond donors (Lipinski definition) is 1. The van der Waals surface area contributed by atoms with Gasteiger partial charge < -0.3 is 19.3 Å². The maximum absolute atomic E-state index is 11.5. The first-order chi connectivity index (χ1) is 10.8. The largest absolute Gasteiger partial charge is 0.481 e. The highest BCUT2D eigenvalue weighted by molar-refractivity contribution is 5.87. The molecule has 0 fully saturated rings. The van der Waals surface area contributed by atoms with Crippen molar-refractivity contribution in [1.82, 2.24) is 0 Å². The fourth-order valence-electron chi connectivity index (χ4n) is 1.25. The van der Waals surface area contributed by atoms with Crippen LogP contribution in [0.25, 0.3) is 0 Å². The SMILES string of the molecule is C=CC(=O)OCCC(COC(=O)CCC(=O)O)OC(=O)C(=C)C. The lowest BCUT2D eigenvalue weighted by Crippen LogP contribution is -2.27. The monoisotopic (exact) mass is 328 g/mol. The molecular weight excluding hydrogens is 308 g/mol. The van der Waals surface area contributed by atoms with Gasteiger partial charge in [0.1, 0.15) is 12.7 Å². The van der Waals surface area contributed by atoms with Gasteiger partial charge in [-0.3, -0.25) is 9.59 Å². The Hall–Kier alpha value is -2.64. The summed E-state index contributed by atoms with van der Waals surface area (Å²) in [6.45, 7) is 7.78. The minimum Gasteiger partial charge on any atom is -0.481 e. The predicted octanol–water partition coefficient (Wildman–Crippen LogP) is 1.00. The van der Waals surface area contributed by atoms with Crippen molar-refractivity contribution in [3.63, 3.8) is 0 Å². The highest BCUT2D eigenvalue weighted by Gasteiger charge is 2.18. The van der Waals surface area contributed by atoms with E-state index < -0.39 is 30.0 Å². The molecule has 1 unspecified atom stereocenters. The lowest BCUT2D eigenvalue weighted by atomic mass is 10.2. The third kappa shape index (κ3) is 10.7. The zero-order chi connectivity index (χ0) is 17.8. The standard InChI is InChI=1S/C15H20O8/c1-4-13(18)21-8-7-11(23-15(20)10(2)3)9-22-14(19)6-5-12(16)17/h4,11H,1-2,5-9H2,3H3,(H,16,17). The minimum atomic E-state index is -1.12. The fraction of sp³-hybridized carbons (Fsp3) is 0.467. The summed E-state index contributed by atoms with van der Waals surface area (Å²) >= 11 is 0. The molecule has 0 bridgehead atoms. The van der Waals surface area contributed by atoms with Gasteiger partial charge in [-0.1, -0.05) is 13.2 Å². The Balaban J connectivity index is 4.40. The highest BCUT2D eigenvalue weighted by Crippen LogP contribution is 2.06. The molecule has 0 amide bonds. The molecule has 0 aliphatic carbocycles. The summed E-state index contributed by atoms with van der Waals surface area (Å²) in [6, 6.07) is 0. The molecule has 0 radical (unpaired) electrons. The third-order valence-corrected chi connectivity index (χ3v) is 2.45. The number of carboxylic acid groups (broad SMARTS) is 1. The smallest absolute Gasteiger partial charge is 0.333 e. The van der Waals surface area contributed by atoms with Gasteiger partial charge in [-0.25, -0.2) is 9.59 Å². The highest BCUT2D eigenvalue weighted by atomic mass is 16.6. The van der Waals surface area contributed by atoms with E-state index in [4.69, 9.17) is 19.3 Å². The van der Waals surface area contributed by atoms with Crippen molar-refractivity contribution >= 4 is 23.9 Å². The van der Waals surface area contributed by atoms with Crippen LogP contribution in [-0.2, 0) is 33.4 Å². The van der Waals surface area contributed by atoms with Crippen molar-refractivity contribution in [3.05, 3.63) is 24.8 Å². The second-order valence-corrected chi connectivity index (χ2v) is 4.54.